The largest absolute Gasteiger partial charge is 0.425 e. The SMILES string of the molecule is CCC1(c2cccc(OC(=O)NC(C(=O)Oc3ccccc3)C(C)C)c2)CCCCN(C)C1. The first-order valence-electron chi connectivity index (χ1n) is 11.9. The van der Waals surface area contributed by atoms with Gasteiger partial charge in [-0.05, 0) is 68.6 Å². The highest BCUT2D eigenvalue weighted by Gasteiger charge is 2.33. The van der Waals surface area contributed by atoms with E-state index in [1.807, 2.05) is 32.0 Å². The molecule has 6 heteroatoms. The first-order valence-corrected chi connectivity index (χ1v) is 11.9. The first-order chi connectivity index (χ1) is 15.8. The zero-order valence-corrected chi connectivity index (χ0v) is 20.2. The van der Waals surface area contributed by atoms with Crippen LogP contribution in [0.25, 0.3) is 0 Å². The lowest BCUT2D eigenvalue weighted by Gasteiger charge is -2.35. The molecule has 2 unspecified atom stereocenters. The second-order valence-corrected chi connectivity index (χ2v) is 9.35. The highest BCUT2D eigenvalue weighted by Crippen LogP contribution is 2.37. The lowest BCUT2D eigenvalue weighted by Crippen LogP contribution is -2.47. The maximum atomic E-state index is 12.7. The number of hydrogen-bond donors (Lipinski definition) is 1. The number of nitrogens with one attached hydrogen (secondary N) is 1. The zero-order valence-electron chi connectivity index (χ0n) is 20.2. The van der Waals surface area contributed by atoms with E-state index in [0.29, 0.717) is 11.5 Å². The molecule has 0 aromatic heterocycles. The van der Waals surface area contributed by atoms with Crippen molar-refractivity contribution in [2.24, 2.45) is 5.92 Å². The molecule has 178 valence electrons. The molecule has 33 heavy (non-hydrogen) atoms. The molecule has 3 rings (SSSR count). The Kier molecular flexibility index (Phi) is 8.50. The molecular weight excluding hydrogens is 416 g/mol. The molecule has 0 aliphatic carbocycles. The van der Waals surface area contributed by atoms with E-state index in [0.717, 1.165) is 25.9 Å². The number of carbonyl (C=O) groups excluding carboxylic acids is 2. The van der Waals surface area contributed by atoms with Crippen LogP contribution in [0.3, 0.4) is 0 Å². The van der Waals surface area contributed by atoms with Gasteiger partial charge >= 0.3 is 12.1 Å². The van der Waals surface area contributed by atoms with Crippen LogP contribution in [0.15, 0.2) is 54.6 Å². The molecule has 1 heterocycles. The Bertz CT molecular complexity index is 931. The third-order valence-corrected chi connectivity index (χ3v) is 6.51. The van der Waals surface area contributed by atoms with E-state index < -0.39 is 18.1 Å². The van der Waals surface area contributed by atoms with Crippen LogP contribution in [0, 0.1) is 5.92 Å². The Morgan fingerprint density at radius 1 is 1.03 bits per heavy atom. The minimum absolute atomic E-state index is 0.0427. The fourth-order valence-electron chi connectivity index (χ4n) is 4.57. The molecule has 0 spiro atoms. The Morgan fingerprint density at radius 2 is 1.76 bits per heavy atom. The number of rotatable bonds is 7. The van der Waals surface area contributed by atoms with Gasteiger partial charge in [-0.2, -0.15) is 0 Å². The topological polar surface area (TPSA) is 67.9 Å². The van der Waals surface area contributed by atoms with E-state index in [1.165, 1.54) is 18.4 Å². The molecule has 0 radical (unpaired) electrons. The van der Waals surface area contributed by atoms with Crippen molar-refractivity contribution in [1.29, 1.82) is 0 Å². The summed E-state index contributed by atoms with van der Waals surface area (Å²) in [4.78, 5) is 27.7. The van der Waals surface area contributed by atoms with Gasteiger partial charge < -0.3 is 19.7 Å². The van der Waals surface area contributed by atoms with Crippen molar-refractivity contribution in [3.8, 4) is 11.5 Å². The minimum atomic E-state index is -0.821. The lowest BCUT2D eigenvalue weighted by atomic mass is 9.74. The fourth-order valence-corrected chi connectivity index (χ4v) is 4.57. The highest BCUT2D eigenvalue weighted by molar-refractivity contribution is 5.83. The molecular formula is C27H36N2O4. The van der Waals surface area contributed by atoms with E-state index >= 15 is 0 Å². The Morgan fingerprint density at radius 3 is 2.45 bits per heavy atom. The van der Waals surface area contributed by atoms with Gasteiger partial charge in [-0.25, -0.2) is 9.59 Å². The average Bonchev–Trinajstić information content (AvgIpc) is 3.00. The van der Waals surface area contributed by atoms with Crippen LogP contribution in [-0.2, 0) is 10.2 Å². The van der Waals surface area contributed by atoms with Gasteiger partial charge in [0.2, 0.25) is 0 Å². The molecule has 1 aliphatic heterocycles. The molecule has 1 saturated heterocycles. The number of nitrogens with zero attached hydrogens (tertiary/aromatic N) is 1. The van der Waals surface area contributed by atoms with E-state index in [1.54, 1.807) is 30.3 Å². The normalized spacial score (nSPS) is 20.0. The summed E-state index contributed by atoms with van der Waals surface area (Å²) in [5.41, 5.74) is 1.23. The van der Waals surface area contributed by atoms with Gasteiger partial charge in [0, 0.05) is 12.0 Å². The molecule has 0 saturated carbocycles. The number of ether oxygens (including phenoxy) is 2. The number of likely N-dealkylation sites (N-methyl/N-ethyl adjacent to an activating group) is 1. The third kappa shape index (κ3) is 6.57. The molecule has 6 nitrogen and oxygen atoms in total. The van der Waals surface area contributed by atoms with E-state index in [9.17, 15) is 9.59 Å². The monoisotopic (exact) mass is 452 g/mol. The van der Waals surface area contributed by atoms with Crippen molar-refractivity contribution < 1.29 is 19.1 Å². The van der Waals surface area contributed by atoms with Gasteiger partial charge in [-0.3, -0.25) is 0 Å². The molecule has 1 N–H and O–H groups in total. The maximum Gasteiger partial charge on any atom is 0.413 e. The minimum Gasteiger partial charge on any atom is -0.425 e. The summed E-state index contributed by atoms with van der Waals surface area (Å²) < 4.78 is 11.0. The first kappa shape index (κ1) is 24.8. The third-order valence-electron chi connectivity index (χ3n) is 6.51. The number of esters is 1. The zero-order chi connectivity index (χ0) is 23.8. The van der Waals surface area contributed by atoms with Crippen LogP contribution in [-0.4, -0.2) is 43.1 Å². The summed E-state index contributed by atoms with van der Waals surface area (Å²) >= 11 is 0. The van der Waals surface area contributed by atoms with Crippen LogP contribution in [0.2, 0.25) is 0 Å². The van der Waals surface area contributed by atoms with Crippen molar-refractivity contribution in [1.82, 2.24) is 10.2 Å². The molecule has 1 amide bonds. The Labute approximate surface area is 197 Å². The molecule has 2 atom stereocenters. The summed E-state index contributed by atoms with van der Waals surface area (Å²) in [6.07, 6.45) is 3.85. The van der Waals surface area contributed by atoms with Gasteiger partial charge in [-0.15, -0.1) is 0 Å². The Balaban J connectivity index is 1.69. The predicted octanol–water partition coefficient (Wildman–Crippen LogP) is 5.17. The molecule has 2 aromatic carbocycles. The van der Waals surface area contributed by atoms with Gasteiger partial charge in [0.1, 0.15) is 17.5 Å². The van der Waals surface area contributed by atoms with Crippen LogP contribution in [0.5, 0.6) is 11.5 Å². The van der Waals surface area contributed by atoms with Crippen molar-refractivity contribution in [3.05, 3.63) is 60.2 Å². The van der Waals surface area contributed by atoms with Gasteiger partial charge in [0.05, 0.1) is 0 Å². The maximum absolute atomic E-state index is 12.7. The van der Waals surface area contributed by atoms with E-state index in [4.69, 9.17) is 9.47 Å². The van der Waals surface area contributed by atoms with E-state index in [-0.39, 0.29) is 11.3 Å². The molecule has 0 bridgehead atoms. The van der Waals surface area contributed by atoms with Gasteiger partial charge in [0.15, 0.2) is 0 Å². The summed E-state index contributed by atoms with van der Waals surface area (Å²) in [7, 11) is 2.17. The summed E-state index contributed by atoms with van der Waals surface area (Å²) in [6, 6.07) is 15.8. The second-order valence-electron chi connectivity index (χ2n) is 9.35. The lowest BCUT2D eigenvalue weighted by molar-refractivity contribution is -0.137. The summed E-state index contributed by atoms with van der Waals surface area (Å²) in [6.45, 7) is 8.03. The molecule has 2 aromatic rings. The Hall–Kier alpha value is -2.86. The average molecular weight is 453 g/mol. The van der Waals surface area contributed by atoms with Crippen molar-refractivity contribution in [3.63, 3.8) is 0 Å². The fraction of sp³-hybridized carbons (Fsp3) is 0.481. The van der Waals surface area contributed by atoms with Gasteiger partial charge in [-0.1, -0.05) is 57.5 Å². The smallest absolute Gasteiger partial charge is 0.413 e. The van der Waals surface area contributed by atoms with Crippen LogP contribution >= 0.6 is 0 Å². The van der Waals surface area contributed by atoms with Crippen molar-refractivity contribution >= 4 is 12.1 Å². The van der Waals surface area contributed by atoms with Crippen molar-refractivity contribution in [2.45, 2.75) is 57.9 Å². The van der Waals surface area contributed by atoms with Crippen LogP contribution in [0.4, 0.5) is 4.79 Å². The number of benzene rings is 2. The highest BCUT2D eigenvalue weighted by atomic mass is 16.6. The quantitative estimate of drug-likeness (QED) is 0.464. The van der Waals surface area contributed by atoms with Crippen LogP contribution < -0.4 is 14.8 Å². The number of hydrogen-bond acceptors (Lipinski definition) is 5. The molecule has 1 aliphatic rings. The standard InChI is InChI=1S/C27H36N2O4/c1-5-27(16-9-10-17-29(4)19-27)21-12-11-15-23(18-21)33-26(31)28-24(20(2)3)25(30)32-22-13-7-6-8-14-22/h6-8,11-15,18,20,24H,5,9-10,16-17,19H2,1-4H3,(H,28,31). The second kappa shape index (κ2) is 11.3. The number of carbonyl (C=O) groups is 2. The van der Waals surface area contributed by atoms with E-state index in [2.05, 4.69) is 30.3 Å². The van der Waals surface area contributed by atoms with Crippen LogP contribution in [0.1, 0.15) is 52.0 Å². The summed E-state index contributed by atoms with van der Waals surface area (Å²) in [5.74, 6) is 0.233. The summed E-state index contributed by atoms with van der Waals surface area (Å²) in [5, 5.41) is 2.68. The number of likely N-dealkylation sites (tertiary alicyclic amines) is 1. The number of amides is 1. The van der Waals surface area contributed by atoms with Crippen molar-refractivity contribution in [2.75, 3.05) is 20.1 Å². The predicted molar refractivity (Wildman–Crippen MR) is 130 cm³/mol. The molecule has 1 fully saturated rings. The number of para-hydroxylation sites is 1. The van der Waals surface area contributed by atoms with Gasteiger partial charge in [0.25, 0.3) is 0 Å².